The zero-order valence-corrected chi connectivity index (χ0v) is 10.5. The predicted molar refractivity (Wildman–Crippen MR) is 72.1 cm³/mol. The number of methoxy groups -OCH3 is 1. The Hall–Kier alpha value is -1.94. The molecule has 0 saturated heterocycles. The second-order valence-corrected chi connectivity index (χ2v) is 4.08. The van der Waals surface area contributed by atoms with Gasteiger partial charge >= 0.3 is 0 Å². The normalized spacial score (nSPS) is 10.2. The second-order valence-electron chi connectivity index (χ2n) is 3.67. The summed E-state index contributed by atoms with van der Waals surface area (Å²) in [6, 6.07) is 9.54. The van der Waals surface area contributed by atoms with Gasteiger partial charge in [-0.1, -0.05) is 17.7 Å². The van der Waals surface area contributed by atoms with E-state index in [1.165, 1.54) is 12.1 Å². The Morgan fingerprint density at radius 1 is 1.28 bits per heavy atom. The number of hydrogen-bond acceptors (Lipinski definition) is 3. The molecule has 0 atom stereocenters. The fraction of sp³-hybridized carbons (Fsp3) is 0.0769. The van der Waals surface area contributed by atoms with Crippen LogP contribution in [0.25, 0.3) is 0 Å². The van der Waals surface area contributed by atoms with E-state index in [9.17, 15) is 4.39 Å². The first kappa shape index (κ1) is 12.5. The van der Waals surface area contributed by atoms with Gasteiger partial charge in [0.15, 0.2) is 0 Å². The molecule has 94 valence electrons. The lowest BCUT2D eigenvalue weighted by molar-refractivity contribution is 0.415. The summed E-state index contributed by atoms with van der Waals surface area (Å²) >= 11 is 5.93. The summed E-state index contributed by atoms with van der Waals surface area (Å²) in [6.45, 7) is 0. The van der Waals surface area contributed by atoms with Crippen LogP contribution in [-0.2, 0) is 0 Å². The van der Waals surface area contributed by atoms with E-state index in [1.54, 1.807) is 31.4 Å². The van der Waals surface area contributed by atoms with Gasteiger partial charge < -0.3 is 15.8 Å². The van der Waals surface area contributed by atoms with Crippen LogP contribution in [0.5, 0.6) is 5.75 Å². The minimum absolute atomic E-state index is 0.194. The van der Waals surface area contributed by atoms with Crippen molar-refractivity contribution in [2.45, 2.75) is 0 Å². The summed E-state index contributed by atoms with van der Waals surface area (Å²) < 4.78 is 18.7. The van der Waals surface area contributed by atoms with Crippen molar-refractivity contribution in [1.29, 1.82) is 0 Å². The number of nitrogens with two attached hydrogens (primary N) is 1. The first-order valence-electron chi connectivity index (χ1n) is 5.26. The number of para-hydroxylation sites is 1. The molecule has 0 aromatic heterocycles. The Bertz CT molecular complexity index is 555. The maximum atomic E-state index is 13.6. The van der Waals surface area contributed by atoms with E-state index in [4.69, 9.17) is 22.1 Å². The van der Waals surface area contributed by atoms with Crippen LogP contribution >= 0.6 is 11.6 Å². The lowest BCUT2D eigenvalue weighted by Gasteiger charge is -2.12. The van der Waals surface area contributed by atoms with E-state index in [-0.39, 0.29) is 10.7 Å². The van der Waals surface area contributed by atoms with Crippen LogP contribution in [0.15, 0.2) is 36.4 Å². The highest BCUT2D eigenvalue weighted by Crippen LogP contribution is 2.32. The first-order valence-corrected chi connectivity index (χ1v) is 5.64. The van der Waals surface area contributed by atoms with Gasteiger partial charge in [-0.3, -0.25) is 0 Å². The molecule has 0 radical (unpaired) electrons. The van der Waals surface area contributed by atoms with Crippen LogP contribution < -0.4 is 15.8 Å². The molecule has 2 aromatic rings. The Labute approximate surface area is 109 Å². The van der Waals surface area contributed by atoms with E-state index in [0.717, 1.165) is 0 Å². The van der Waals surface area contributed by atoms with E-state index in [0.29, 0.717) is 17.1 Å². The van der Waals surface area contributed by atoms with E-state index in [1.807, 2.05) is 0 Å². The van der Waals surface area contributed by atoms with Gasteiger partial charge in [0.05, 0.1) is 29.2 Å². The van der Waals surface area contributed by atoms with Gasteiger partial charge in [0.25, 0.3) is 0 Å². The number of ether oxygens (including phenoxy) is 1. The molecule has 0 saturated carbocycles. The van der Waals surface area contributed by atoms with Crippen molar-refractivity contribution >= 4 is 28.7 Å². The molecule has 0 heterocycles. The lowest BCUT2D eigenvalue weighted by Crippen LogP contribution is -1.99. The Kier molecular flexibility index (Phi) is 3.58. The van der Waals surface area contributed by atoms with Gasteiger partial charge in [0, 0.05) is 6.07 Å². The summed E-state index contributed by atoms with van der Waals surface area (Å²) in [5, 5.41) is 3.16. The highest BCUT2D eigenvalue weighted by Gasteiger charge is 2.09. The number of nitrogen functional groups attached to an aromatic ring is 1. The zero-order chi connectivity index (χ0) is 13.1. The van der Waals surface area contributed by atoms with Gasteiger partial charge in [-0.05, 0) is 24.3 Å². The zero-order valence-electron chi connectivity index (χ0n) is 9.71. The monoisotopic (exact) mass is 266 g/mol. The Morgan fingerprint density at radius 3 is 2.72 bits per heavy atom. The first-order chi connectivity index (χ1) is 8.61. The third-order valence-corrected chi connectivity index (χ3v) is 2.80. The topological polar surface area (TPSA) is 47.3 Å². The van der Waals surface area contributed by atoms with Crippen molar-refractivity contribution < 1.29 is 9.13 Å². The highest BCUT2D eigenvalue weighted by atomic mass is 35.5. The van der Waals surface area contributed by atoms with E-state index >= 15 is 0 Å². The highest BCUT2D eigenvalue weighted by molar-refractivity contribution is 6.33. The molecule has 3 nitrogen and oxygen atoms in total. The number of anilines is 3. The van der Waals surface area contributed by atoms with Crippen molar-refractivity contribution in [3.63, 3.8) is 0 Å². The van der Waals surface area contributed by atoms with Crippen LogP contribution in [0.2, 0.25) is 5.02 Å². The molecule has 0 bridgehead atoms. The largest absolute Gasteiger partial charge is 0.497 e. The van der Waals surface area contributed by atoms with Crippen molar-refractivity contribution in [3.8, 4) is 5.75 Å². The molecule has 3 N–H and O–H groups in total. The average molecular weight is 267 g/mol. The maximum absolute atomic E-state index is 13.6. The Balaban J connectivity index is 2.39. The molecule has 0 aliphatic rings. The van der Waals surface area contributed by atoms with Crippen molar-refractivity contribution in [3.05, 3.63) is 47.2 Å². The Morgan fingerprint density at radius 2 is 2.06 bits per heavy atom. The van der Waals surface area contributed by atoms with E-state index < -0.39 is 5.82 Å². The standard InChI is InChI=1S/C13H12ClFN2O/c1-18-8-5-6-11(16)12(7-8)17-13-9(14)3-2-4-10(13)15/h2-7,17H,16H2,1H3. The summed E-state index contributed by atoms with van der Waals surface area (Å²) in [6.07, 6.45) is 0. The molecule has 0 fully saturated rings. The summed E-state index contributed by atoms with van der Waals surface area (Å²) in [5.74, 6) is 0.184. The minimum atomic E-state index is -0.440. The minimum Gasteiger partial charge on any atom is -0.497 e. The van der Waals surface area contributed by atoms with Gasteiger partial charge in [-0.25, -0.2) is 4.39 Å². The molecular formula is C13H12ClFN2O. The van der Waals surface area contributed by atoms with E-state index in [2.05, 4.69) is 5.32 Å². The molecule has 5 heteroatoms. The SMILES string of the molecule is COc1ccc(N)c(Nc2c(F)cccc2Cl)c1. The van der Waals surface area contributed by atoms with Crippen LogP contribution in [0, 0.1) is 5.82 Å². The maximum Gasteiger partial charge on any atom is 0.148 e. The smallest absolute Gasteiger partial charge is 0.148 e. The molecule has 0 amide bonds. The summed E-state index contributed by atoms with van der Waals surface area (Å²) in [7, 11) is 1.55. The van der Waals surface area contributed by atoms with Crippen LogP contribution in [0.3, 0.4) is 0 Å². The number of halogens is 2. The number of hydrogen-bond donors (Lipinski definition) is 2. The van der Waals surface area contributed by atoms with Crippen molar-refractivity contribution in [1.82, 2.24) is 0 Å². The molecule has 18 heavy (non-hydrogen) atoms. The fourth-order valence-corrected chi connectivity index (χ4v) is 1.73. The number of benzene rings is 2. The summed E-state index contributed by atoms with van der Waals surface area (Å²) in [5.41, 5.74) is 7.03. The molecule has 0 aliphatic carbocycles. The van der Waals surface area contributed by atoms with Crippen molar-refractivity contribution in [2.24, 2.45) is 0 Å². The molecule has 2 aromatic carbocycles. The molecule has 2 rings (SSSR count). The van der Waals surface area contributed by atoms with Gasteiger partial charge in [-0.2, -0.15) is 0 Å². The van der Waals surface area contributed by atoms with Crippen LogP contribution in [0.4, 0.5) is 21.5 Å². The fourth-order valence-electron chi connectivity index (χ4n) is 1.52. The molecule has 0 aliphatic heterocycles. The third-order valence-electron chi connectivity index (χ3n) is 2.48. The predicted octanol–water partition coefficient (Wildman–Crippen LogP) is 3.81. The number of nitrogens with one attached hydrogen (secondary N) is 1. The van der Waals surface area contributed by atoms with Gasteiger partial charge in [-0.15, -0.1) is 0 Å². The van der Waals surface area contributed by atoms with Crippen molar-refractivity contribution in [2.75, 3.05) is 18.2 Å². The molecule has 0 unspecified atom stereocenters. The molecular weight excluding hydrogens is 255 g/mol. The lowest BCUT2D eigenvalue weighted by atomic mass is 10.2. The third kappa shape index (κ3) is 2.49. The second kappa shape index (κ2) is 5.14. The number of rotatable bonds is 3. The quantitative estimate of drug-likeness (QED) is 0.831. The van der Waals surface area contributed by atoms with Gasteiger partial charge in [0.2, 0.25) is 0 Å². The average Bonchev–Trinajstić information content (AvgIpc) is 2.36. The molecule has 0 spiro atoms. The van der Waals surface area contributed by atoms with Gasteiger partial charge in [0.1, 0.15) is 11.6 Å². The summed E-state index contributed by atoms with van der Waals surface area (Å²) in [4.78, 5) is 0. The van der Waals surface area contributed by atoms with Crippen LogP contribution in [-0.4, -0.2) is 7.11 Å². The van der Waals surface area contributed by atoms with Crippen LogP contribution in [0.1, 0.15) is 0 Å².